The summed E-state index contributed by atoms with van der Waals surface area (Å²) in [6.07, 6.45) is 3.13. The van der Waals surface area contributed by atoms with Gasteiger partial charge in [-0.25, -0.2) is 4.98 Å². The topological polar surface area (TPSA) is 74.4 Å². The summed E-state index contributed by atoms with van der Waals surface area (Å²) < 4.78 is 0. The zero-order chi connectivity index (χ0) is 11.8. The standard InChI is InChI=1S/C11H7ClN4O/c12-7-3-6-5-14-16-10(6)8(4-7)11-13-2-1-9(17)15-11/h1-5H,(H,14,16)(H,13,15,17). The first-order valence-electron chi connectivity index (χ1n) is 4.92. The van der Waals surface area contributed by atoms with E-state index < -0.39 is 0 Å². The highest BCUT2D eigenvalue weighted by molar-refractivity contribution is 6.31. The molecule has 3 aromatic rings. The number of benzene rings is 1. The highest BCUT2D eigenvalue weighted by Gasteiger charge is 2.09. The summed E-state index contributed by atoms with van der Waals surface area (Å²) in [5.41, 5.74) is 1.31. The van der Waals surface area contributed by atoms with Crippen LogP contribution in [0.2, 0.25) is 5.02 Å². The minimum Gasteiger partial charge on any atom is -0.306 e. The van der Waals surface area contributed by atoms with E-state index in [1.165, 1.54) is 12.3 Å². The van der Waals surface area contributed by atoms with Crippen molar-refractivity contribution in [1.29, 1.82) is 0 Å². The lowest BCUT2D eigenvalue weighted by molar-refractivity contribution is 1.10. The number of halogens is 1. The molecule has 2 heterocycles. The molecule has 5 nitrogen and oxygen atoms in total. The van der Waals surface area contributed by atoms with E-state index in [1.54, 1.807) is 18.3 Å². The molecule has 0 bridgehead atoms. The first-order valence-corrected chi connectivity index (χ1v) is 5.30. The van der Waals surface area contributed by atoms with E-state index in [0.29, 0.717) is 10.8 Å². The number of fused-ring (bicyclic) bond motifs is 1. The van der Waals surface area contributed by atoms with E-state index in [9.17, 15) is 4.79 Å². The largest absolute Gasteiger partial charge is 0.306 e. The lowest BCUT2D eigenvalue weighted by Crippen LogP contribution is -2.06. The smallest absolute Gasteiger partial charge is 0.251 e. The molecule has 84 valence electrons. The molecule has 0 fully saturated rings. The Bertz CT molecular complexity index is 746. The second-order valence-corrected chi connectivity index (χ2v) is 4.01. The Kier molecular flexibility index (Phi) is 2.19. The van der Waals surface area contributed by atoms with Gasteiger partial charge in [0, 0.05) is 28.2 Å². The van der Waals surface area contributed by atoms with Crippen LogP contribution in [-0.2, 0) is 0 Å². The quantitative estimate of drug-likeness (QED) is 0.689. The molecule has 0 unspecified atom stereocenters. The maximum absolute atomic E-state index is 11.3. The molecule has 6 heteroatoms. The number of H-pyrrole nitrogens is 2. The van der Waals surface area contributed by atoms with Crippen LogP contribution in [-0.4, -0.2) is 20.2 Å². The Balaban J connectivity index is 2.36. The third-order valence-electron chi connectivity index (χ3n) is 2.44. The van der Waals surface area contributed by atoms with Gasteiger partial charge in [0.15, 0.2) is 0 Å². The van der Waals surface area contributed by atoms with Crippen molar-refractivity contribution >= 4 is 22.5 Å². The van der Waals surface area contributed by atoms with Crippen molar-refractivity contribution in [2.75, 3.05) is 0 Å². The molecule has 2 N–H and O–H groups in total. The van der Waals surface area contributed by atoms with Gasteiger partial charge in [-0.05, 0) is 12.1 Å². The molecule has 0 aliphatic carbocycles. The fourth-order valence-electron chi connectivity index (χ4n) is 1.71. The number of aromatic amines is 2. The highest BCUT2D eigenvalue weighted by Crippen LogP contribution is 2.27. The van der Waals surface area contributed by atoms with Gasteiger partial charge < -0.3 is 4.98 Å². The Hall–Kier alpha value is -2.14. The van der Waals surface area contributed by atoms with Crippen LogP contribution in [0.25, 0.3) is 22.3 Å². The summed E-state index contributed by atoms with van der Waals surface area (Å²) in [5.74, 6) is 0.467. The molecule has 0 spiro atoms. The zero-order valence-corrected chi connectivity index (χ0v) is 9.32. The van der Waals surface area contributed by atoms with Crippen LogP contribution in [0.3, 0.4) is 0 Å². The minimum absolute atomic E-state index is 0.206. The molecule has 0 amide bonds. The molecule has 0 aliphatic rings. The molecule has 17 heavy (non-hydrogen) atoms. The summed E-state index contributed by atoms with van der Waals surface area (Å²) in [7, 11) is 0. The number of nitrogens with zero attached hydrogens (tertiary/aromatic N) is 2. The van der Waals surface area contributed by atoms with Crippen LogP contribution in [0.5, 0.6) is 0 Å². The second-order valence-electron chi connectivity index (χ2n) is 3.57. The van der Waals surface area contributed by atoms with Gasteiger partial charge in [0.05, 0.1) is 11.7 Å². The van der Waals surface area contributed by atoms with Gasteiger partial charge in [0.2, 0.25) is 0 Å². The lowest BCUT2D eigenvalue weighted by Gasteiger charge is -2.02. The van der Waals surface area contributed by atoms with E-state index in [1.807, 2.05) is 0 Å². The molecule has 0 saturated heterocycles. The van der Waals surface area contributed by atoms with Crippen LogP contribution in [0.4, 0.5) is 0 Å². The maximum atomic E-state index is 11.3. The van der Waals surface area contributed by atoms with E-state index >= 15 is 0 Å². The Morgan fingerprint density at radius 2 is 2.18 bits per heavy atom. The van der Waals surface area contributed by atoms with Crippen LogP contribution >= 0.6 is 11.6 Å². The number of nitrogens with one attached hydrogen (secondary N) is 2. The zero-order valence-electron chi connectivity index (χ0n) is 8.57. The molecular weight excluding hydrogens is 240 g/mol. The number of hydrogen-bond donors (Lipinski definition) is 2. The van der Waals surface area contributed by atoms with Crippen molar-refractivity contribution in [2.45, 2.75) is 0 Å². The van der Waals surface area contributed by atoms with E-state index in [-0.39, 0.29) is 5.56 Å². The van der Waals surface area contributed by atoms with Crippen molar-refractivity contribution in [3.8, 4) is 11.4 Å². The van der Waals surface area contributed by atoms with Crippen molar-refractivity contribution in [1.82, 2.24) is 20.2 Å². The van der Waals surface area contributed by atoms with Gasteiger partial charge in [-0.3, -0.25) is 9.89 Å². The summed E-state index contributed by atoms with van der Waals surface area (Å²) in [6, 6.07) is 4.89. The van der Waals surface area contributed by atoms with Gasteiger partial charge in [0.25, 0.3) is 5.56 Å². The molecule has 0 atom stereocenters. The fraction of sp³-hybridized carbons (Fsp3) is 0. The summed E-state index contributed by atoms with van der Waals surface area (Å²) in [5, 5.41) is 8.25. The number of aromatic nitrogens is 4. The number of hydrogen-bond acceptors (Lipinski definition) is 3. The summed E-state index contributed by atoms with van der Waals surface area (Å²) in [6.45, 7) is 0. The Morgan fingerprint density at radius 1 is 1.29 bits per heavy atom. The second kappa shape index (κ2) is 3.71. The summed E-state index contributed by atoms with van der Waals surface area (Å²) in [4.78, 5) is 18.0. The monoisotopic (exact) mass is 246 g/mol. The van der Waals surface area contributed by atoms with Crippen LogP contribution in [0.15, 0.2) is 35.4 Å². The van der Waals surface area contributed by atoms with Gasteiger partial charge in [-0.1, -0.05) is 11.6 Å². The molecular formula is C11H7ClN4O. The third-order valence-corrected chi connectivity index (χ3v) is 2.66. The van der Waals surface area contributed by atoms with Gasteiger partial charge in [-0.2, -0.15) is 5.10 Å². The van der Waals surface area contributed by atoms with Crippen LogP contribution in [0, 0.1) is 0 Å². The molecule has 0 saturated carbocycles. The van der Waals surface area contributed by atoms with Gasteiger partial charge in [-0.15, -0.1) is 0 Å². The average Bonchev–Trinajstić information content (AvgIpc) is 2.75. The average molecular weight is 247 g/mol. The lowest BCUT2D eigenvalue weighted by atomic mass is 10.1. The maximum Gasteiger partial charge on any atom is 0.251 e. The minimum atomic E-state index is -0.206. The van der Waals surface area contributed by atoms with E-state index in [0.717, 1.165) is 16.5 Å². The number of rotatable bonds is 1. The summed E-state index contributed by atoms with van der Waals surface area (Å²) >= 11 is 6.01. The van der Waals surface area contributed by atoms with Gasteiger partial charge >= 0.3 is 0 Å². The van der Waals surface area contributed by atoms with Crippen LogP contribution < -0.4 is 5.56 Å². The van der Waals surface area contributed by atoms with Crippen LogP contribution in [0.1, 0.15) is 0 Å². The normalized spacial score (nSPS) is 10.9. The fourth-order valence-corrected chi connectivity index (χ4v) is 1.94. The predicted molar refractivity (Wildman–Crippen MR) is 65.0 cm³/mol. The first-order chi connectivity index (χ1) is 8.24. The molecule has 2 aromatic heterocycles. The van der Waals surface area contributed by atoms with Crippen molar-refractivity contribution in [2.24, 2.45) is 0 Å². The third kappa shape index (κ3) is 1.70. The SMILES string of the molecule is O=c1ccnc(-c2cc(Cl)cc3cn[nH]c23)[nH]1. The van der Waals surface area contributed by atoms with Crippen molar-refractivity contribution in [3.05, 3.63) is 46.0 Å². The van der Waals surface area contributed by atoms with E-state index in [2.05, 4.69) is 20.2 Å². The van der Waals surface area contributed by atoms with E-state index in [4.69, 9.17) is 11.6 Å². The van der Waals surface area contributed by atoms with Crippen molar-refractivity contribution < 1.29 is 0 Å². The molecule has 0 radical (unpaired) electrons. The predicted octanol–water partition coefficient (Wildman–Crippen LogP) is 1.97. The van der Waals surface area contributed by atoms with Crippen molar-refractivity contribution in [3.63, 3.8) is 0 Å². The molecule has 0 aliphatic heterocycles. The molecule has 1 aromatic carbocycles. The Morgan fingerprint density at radius 3 is 3.00 bits per heavy atom. The highest BCUT2D eigenvalue weighted by atomic mass is 35.5. The molecule has 3 rings (SSSR count). The van der Waals surface area contributed by atoms with Gasteiger partial charge in [0.1, 0.15) is 5.82 Å². The Labute approximate surface area is 100 Å². The first kappa shape index (κ1) is 10.0.